The largest absolute Gasteiger partial charge is 0.361 e. The first-order chi connectivity index (χ1) is 11.6. The van der Waals surface area contributed by atoms with E-state index in [9.17, 15) is 9.59 Å². The lowest BCUT2D eigenvalue weighted by Gasteiger charge is -2.34. The predicted molar refractivity (Wildman–Crippen MR) is 88.9 cm³/mol. The molecule has 2 aromatic rings. The molecule has 2 aliphatic rings. The normalized spacial score (nSPS) is 23.4. The molecule has 0 spiro atoms. The lowest BCUT2D eigenvalue weighted by molar-refractivity contribution is -0.134. The number of thiophene rings is 1. The molecule has 1 saturated heterocycles. The first-order valence-corrected chi connectivity index (χ1v) is 9.06. The number of aromatic nitrogens is 1. The van der Waals surface area contributed by atoms with Gasteiger partial charge in [0.2, 0.25) is 5.91 Å². The number of hydrogen-bond donors (Lipinski definition) is 0. The van der Waals surface area contributed by atoms with E-state index in [1.807, 2.05) is 11.0 Å². The van der Waals surface area contributed by atoms with Gasteiger partial charge in [-0.2, -0.15) is 0 Å². The van der Waals surface area contributed by atoms with E-state index in [1.54, 1.807) is 29.2 Å². The monoisotopic (exact) mass is 345 g/mol. The molecule has 7 heteroatoms. The van der Waals surface area contributed by atoms with Crippen LogP contribution < -0.4 is 0 Å². The summed E-state index contributed by atoms with van der Waals surface area (Å²) in [5, 5.41) is 5.84. The zero-order valence-electron chi connectivity index (χ0n) is 13.5. The minimum atomic E-state index is -0.123. The topological polar surface area (TPSA) is 66.7 Å². The van der Waals surface area contributed by atoms with Gasteiger partial charge in [0.1, 0.15) is 5.76 Å². The summed E-state index contributed by atoms with van der Waals surface area (Å²) in [6.45, 7) is 4.05. The van der Waals surface area contributed by atoms with Crippen molar-refractivity contribution in [2.45, 2.75) is 19.3 Å². The minimum absolute atomic E-state index is 0.123. The standard InChI is InChI=1S/C17H19N3O3S/c1-11-9-14(18-23-11)17(22)20-6-4-19(5-7-20)16(21)13-10-12(13)15-3-2-8-24-15/h2-3,8-9,12-13H,4-7,10H2,1H3/t12-,13-/m0/s1. The number of carbonyl (C=O) groups excluding carboxylic acids is 2. The smallest absolute Gasteiger partial charge is 0.276 e. The lowest BCUT2D eigenvalue weighted by Crippen LogP contribution is -2.51. The maximum absolute atomic E-state index is 12.6. The molecule has 2 aromatic heterocycles. The number of rotatable bonds is 3. The first kappa shape index (κ1) is 15.4. The molecule has 2 amide bonds. The van der Waals surface area contributed by atoms with Crippen LogP contribution in [0, 0.1) is 12.8 Å². The molecule has 1 aliphatic heterocycles. The van der Waals surface area contributed by atoms with Crippen LogP contribution in [0.25, 0.3) is 0 Å². The van der Waals surface area contributed by atoms with Crippen LogP contribution in [0.4, 0.5) is 0 Å². The highest BCUT2D eigenvalue weighted by Gasteiger charge is 2.46. The average molecular weight is 345 g/mol. The number of carbonyl (C=O) groups is 2. The number of hydrogen-bond acceptors (Lipinski definition) is 5. The summed E-state index contributed by atoms with van der Waals surface area (Å²) in [6, 6.07) is 5.80. The third-order valence-corrected chi connectivity index (χ3v) is 5.75. The van der Waals surface area contributed by atoms with Gasteiger partial charge < -0.3 is 14.3 Å². The first-order valence-electron chi connectivity index (χ1n) is 8.18. The van der Waals surface area contributed by atoms with E-state index in [0.29, 0.717) is 43.6 Å². The van der Waals surface area contributed by atoms with Gasteiger partial charge in [-0.25, -0.2) is 0 Å². The second-order valence-electron chi connectivity index (χ2n) is 6.40. The highest BCUT2D eigenvalue weighted by Crippen LogP contribution is 2.50. The van der Waals surface area contributed by atoms with Crippen molar-refractivity contribution in [2.75, 3.05) is 26.2 Å². The second kappa shape index (κ2) is 6.05. The molecule has 3 heterocycles. The Morgan fingerprint density at radius 2 is 2.00 bits per heavy atom. The summed E-state index contributed by atoms with van der Waals surface area (Å²) >= 11 is 1.73. The Balaban J connectivity index is 1.32. The summed E-state index contributed by atoms with van der Waals surface area (Å²) in [5.41, 5.74) is 0.340. The molecular formula is C17H19N3O3S. The van der Waals surface area contributed by atoms with Crippen molar-refractivity contribution in [3.63, 3.8) is 0 Å². The van der Waals surface area contributed by atoms with Crippen molar-refractivity contribution in [1.82, 2.24) is 15.0 Å². The molecule has 2 atom stereocenters. The Kier molecular flexibility index (Phi) is 3.88. The summed E-state index contributed by atoms with van der Waals surface area (Å²) in [4.78, 5) is 29.9. The molecule has 126 valence electrons. The van der Waals surface area contributed by atoms with E-state index in [-0.39, 0.29) is 17.7 Å². The van der Waals surface area contributed by atoms with E-state index >= 15 is 0 Å². The summed E-state index contributed by atoms with van der Waals surface area (Å²) < 4.78 is 4.96. The van der Waals surface area contributed by atoms with Crippen molar-refractivity contribution in [1.29, 1.82) is 0 Å². The number of amides is 2. The third-order valence-electron chi connectivity index (χ3n) is 4.74. The molecule has 0 bridgehead atoms. The van der Waals surface area contributed by atoms with Crippen molar-refractivity contribution in [2.24, 2.45) is 5.92 Å². The van der Waals surface area contributed by atoms with Gasteiger partial charge in [-0.15, -0.1) is 11.3 Å². The highest BCUT2D eigenvalue weighted by molar-refractivity contribution is 7.10. The maximum atomic E-state index is 12.6. The van der Waals surface area contributed by atoms with E-state index in [2.05, 4.69) is 16.6 Å². The van der Waals surface area contributed by atoms with Crippen molar-refractivity contribution in [3.8, 4) is 0 Å². The van der Waals surface area contributed by atoms with Gasteiger partial charge in [-0.1, -0.05) is 11.2 Å². The van der Waals surface area contributed by atoms with Crippen molar-refractivity contribution < 1.29 is 14.1 Å². The Morgan fingerprint density at radius 3 is 2.62 bits per heavy atom. The number of nitrogens with zero attached hydrogens (tertiary/aromatic N) is 3. The van der Waals surface area contributed by atoms with Crippen molar-refractivity contribution in [3.05, 3.63) is 39.9 Å². The SMILES string of the molecule is Cc1cc(C(=O)N2CCN(C(=O)[C@H]3C[C@@H]3c3cccs3)CC2)no1. The van der Waals surface area contributed by atoms with Crippen LogP contribution in [0.15, 0.2) is 28.1 Å². The minimum Gasteiger partial charge on any atom is -0.361 e. The van der Waals surface area contributed by atoms with Gasteiger partial charge in [-0.05, 0) is 24.8 Å². The number of aryl methyl sites for hydroxylation is 1. The van der Waals surface area contributed by atoms with Crippen LogP contribution in [0.3, 0.4) is 0 Å². The Labute approximate surface area is 144 Å². The van der Waals surface area contributed by atoms with E-state index in [4.69, 9.17) is 4.52 Å². The quantitative estimate of drug-likeness (QED) is 0.855. The van der Waals surface area contributed by atoms with Crippen LogP contribution >= 0.6 is 11.3 Å². The highest BCUT2D eigenvalue weighted by atomic mass is 32.1. The van der Waals surface area contributed by atoms with Gasteiger partial charge in [-0.3, -0.25) is 9.59 Å². The molecule has 1 aliphatic carbocycles. The zero-order valence-corrected chi connectivity index (χ0v) is 14.3. The molecule has 1 saturated carbocycles. The molecule has 2 fully saturated rings. The zero-order chi connectivity index (χ0) is 16.7. The predicted octanol–water partition coefficient (Wildman–Crippen LogP) is 2.13. The second-order valence-corrected chi connectivity index (χ2v) is 7.38. The van der Waals surface area contributed by atoms with Crippen LogP contribution in [0.5, 0.6) is 0 Å². The van der Waals surface area contributed by atoms with Crippen LogP contribution in [-0.2, 0) is 4.79 Å². The molecule has 0 N–H and O–H groups in total. The van der Waals surface area contributed by atoms with E-state index in [1.165, 1.54) is 4.88 Å². The van der Waals surface area contributed by atoms with Gasteiger partial charge >= 0.3 is 0 Å². The van der Waals surface area contributed by atoms with Gasteiger partial charge in [0.25, 0.3) is 5.91 Å². The molecule has 6 nitrogen and oxygen atoms in total. The van der Waals surface area contributed by atoms with Gasteiger partial charge in [0.15, 0.2) is 5.69 Å². The van der Waals surface area contributed by atoms with E-state index < -0.39 is 0 Å². The fourth-order valence-corrected chi connectivity index (χ4v) is 4.18. The molecular weight excluding hydrogens is 326 g/mol. The van der Waals surface area contributed by atoms with Crippen LogP contribution in [0.1, 0.15) is 33.5 Å². The molecule has 24 heavy (non-hydrogen) atoms. The number of piperazine rings is 1. The Morgan fingerprint density at radius 1 is 1.25 bits per heavy atom. The molecule has 0 unspecified atom stereocenters. The molecule has 0 radical (unpaired) electrons. The molecule has 0 aromatic carbocycles. The maximum Gasteiger partial charge on any atom is 0.276 e. The van der Waals surface area contributed by atoms with Crippen LogP contribution in [-0.4, -0.2) is 52.9 Å². The fourth-order valence-electron chi connectivity index (χ4n) is 3.28. The Bertz CT molecular complexity index is 747. The summed E-state index contributed by atoms with van der Waals surface area (Å²) in [6.07, 6.45) is 0.955. The summed E-state index contributed by atoms with van der Waals surface area (Å²) in [7, 11) is 0. The van der Waals surface area contributed by atoms with Gasteiger partial charge in [0, 0.05) is 49.0 Å². The van der Waals surface area contributed by atoms with Crippen molar-refractivity contribution >= 4 is 23.2 Å². The fraction of sp³-hybridized carbons (Fsp3) is 0.471. The Hall–Kier alpha value is -2.15. The van der Waals surface area contributed by atoms with E-state index in [0.717, 1.165) is 6.42 Å². The lowest BCUT2D eigenvalue weighted by atomic mass is 10.2. The van der Waals surface area contributed by atoms with Gasteiger partial charge in [0.05, 0.1) is 0 Å². The third kappa shape index (κ3) is 2.84. The molecule has 4 rings (SSSR count). The average Bonchev–Trinajstić information content (AvgIpc) is 3.00. The summed E-state index contributed by atoms with van der Waals surface area (Å²) in [5.74, 6) is 1.26. The van der Waals surface area contributed by atoms with Crippen LogP contribution in [0.2, 0.25) is 0 Å².